The molecule has 2 aliphatic heterocycles. The van der Waals surface area contributed by atoms with E-state index >= 15 is 0 Å². The molecule has 20 heavy (non-hydrogen) atoms. The fourth-order valence-electron chi connectivity index (χ4n) is 2.22. The molecular formula is C14H12Cl2N2OS. The number of amides is 1. The summed E-state index contributed by atoms with van der Waals surface area (Å²) in [4.78, 5) is 18.8. The van der Waals surface area contributed by atoms with Crippen LogP contribution in [0.5, 0.6) is 0 Å². The molecule has 104 valence electrons. The second kappa shape index (κ2) is 5.80. The number of benzene rings is 1. The molecule has 0 aliphatic carbocycles. The molecule has 0 atom stereocenters. The number of nitrogens with zero attached hydrogens (tertiary/aromatic N) is 2. The van der Waals surface area contributed by atoms with Gasteiger partial charge in [0, 0.05) is 28.7 Å². The van der Waals surface area contributed by atoms with Crippen molar-refractivity contribution < 1.29 is 4.79 Å². The van der Waals surface area contributed by atoms with Crippen molar-refractivity contribution in [2.24, 2.45) is 4.99 Å². The quantitative estimate of drug-likeness (QED) is 0.729. The van der Waals surface area contributed by atoms with Crippen LogP contribution < -0.4 is 0 Å². The van der Waals surface area contributed by atoms with Gasteiger partial charge in [0.2, 0.25) is 0 Å². The summed E-state index contributed by atoms with van der Waals surface area (Å²) in [5.41, 5.74) is 0.671. The van der Waals surface area contributed by atoms with Crippen molar-refractivity contribution in [3.05, 3.63) is 38.7 Å². The van der Waals surface area contributed by atoms with Crippen molar-refractivity contribution in [2.75, 3.05) is 13.1 Å². The molecule has 6 heteroatoms. The van der Waals surface area contributed by atoms with Crippen LogP contribution in [-0.2, 0) is 4.79 Å². The first-order valence-corrected chi connectivity index (χ1v) is 7.94. The van der Waals surface area contributed by atoms with Gasteiger partial charge in [-0.2, -0.15) is 4.99 Å². The van der Waals surface area contributed by atoms with Crippen LogP contribution in [0.4, 0.5) is 0 Å². The van der Waals surface area contributed by atoms with E-state index in [1.54, 1.807) is 24.3 Å². The highest BCUT2D eigenvalue weighted by molar-refractivity contribution is 8.18. The maximum atomic E-state index is 12.0. The fourth-order valence-corrected chi connectivity index (χ4v) is 3.67. The van der Waals surface area contributed by atoms with Crippen LogP contribution >= 0.6 is 35.0 Å². The Hall–Kier alpha value is -0.970. The highest BCUT2D eigenvalue weighted by atomic mass is 35.5. The molecular weight excluding hydrogens is 315 g/mol. The zero-order valence-corrected chi connectivity index (χ0v) is 12.9. The van der Waals surface area contributed by atoms with Gasteiger partial charge >= 0.3 is 0 Å². The number of hydrogen-bond donors (Lipinski definition) is 0. The van der Waals surface area contributed by atoms with Crippen LogP contribution in [0.2, 0.25) is 10.0 Å². The second-order valence-corrected chi connectivity index (χ2v) is 6.46. The molecule has 3 rings (SSSR count). The van der Waals surface area contributed by atoms with Gasteiger partial charge in [-0.1, -0.05) is 29.3 Å². The van der Waals surface area contributed by atoms with E-state index in [2.05, 4.69) is 9.89 Å². The van der Waals surface area contributed by atoms with Crippen LogP contribution in [0.1, 0.15) is 18.4 Å². The maximum Gasteiger partial charge on any atom is 0.286 e. The molecule has 0 saturated carbocycles. The molecule has 2 aliphatic rings. The zero-order valence-electron chi connectivity index (χ0n) is 10.6. The molecule has 1 amide bonds. The third kappa shape index (κ3) is 2.73. The molecule has 2 heterocycles. The lowest BCUT2D eigenvalue weighted by atomic mass is 10.2. The average Bonchev–Trinajstić information content (AvgIpc) is 3.04. The van der Waals surface area contributed by atoms with Gasteiger partial charge in [0.15, 0.2) is 5.17 Å². The van der Waals surface area contributed by atoms with Crippen LogP contribution in [-0.4, -0.2) is 29.1 Å². The minimum atomic E-state index is -0.215. The lowest BCUT2D eigenvalue weighted by Crippen LogP contribution is -2.23. The van der Waals surface area contributed by atoms with E-state index in [0.29, 0.717) is 20.5 Å². The average molecular weight is 327 g/mol. The summed E-state index contributed by atoms with van der Waals surface area (Å²) < 4.78 is 0. The summed E-state index contributed by atoms with van der Waals surface area (Å²) in [6, 6.07) is 5.29. The number of halogens is 2. The molecule has 0 unspecified atom stereocenters. The first-order chi connectivity index (χ1) is 9.65. The number of rotatable bonds is 1. The van der Waals surface area contributed by atoms with E-state index in [9.17, 15) is 4.79 Å². The molecule has 0 bridgehead atoms. The van der Waals surface area contributed by atoms with Crippen molar-refractivity contribution in [3.63, 3.8) is 0 Å². The second-order valence-electron chi connectivity index (χ2n) is 4.64. The highest BCUT2D eigenvalue weighted by Gasteiger charge is 2.27. The van der Waals surface area contributed by atoms with Crippen LogP contribution in [0.15, 0.2) is 28.1 Å². The summed E-state index contributed by atoms with van der Waals surface area (Å²) in [6.45, 7) is 1.94. The molecule has 1 aromatic carbocycles. The number of hydrogen-bond acceptors (Lipinski definition) is 3. The normalized spacial score (nSPS) is 20.9. The van der Waals surface area contributed by atoms with E-state index in [1.807, 2.05) is 0 Å². The van der Waals surface area contributed by atoms with Gasteiger partial charge in [-0.05, 0) is 42.8 Å². The van der Waals surface area contributed by atoms with Crippen LogP contribution in [0.25, 0.3) is 6.08 Å². The zero-order chi connectivity index (χ0) is 14.1. The van der Waals surface area contributed by atoms with E-state index in [-0.39, 0.29) is 5.91 Å². The van der Waals surface area contributed by atoms with Gasteiger partial charge in [-0.15, -0.1) is 0 Å². The van der Waals surface area contributed by atoms with E-state index in [0.717, 1.165) is 31.1 Å². The summed E-state index contributed by atoms with van der Waals surface area (Å²) >= 11 is 13.6. The Labute approximate surface area is 131 Å². The molecule has 0 spiro atoms. The topological polar surface area (TPSA) is 32.7 Å². The van der Waals surface area contributed by atoms with Crippen molar-refractivity contribution in [3.8, 4) is 0 Å². The third-order valence-electron chi connectivity index (χ3n) is 3.26. The minimum absolute atomic E-state index is 0.215. The molecule has 1 saturated heterocycles. The standard InChI is InChI=1S/C14H12Cl2N2OS/c15-10-4-3-5-11(16)9(10)8-12-13(19)17-14(20-12)18-6-1-2-7-18/h3-5,8H,1-2,6-7H2/b12-8-. The van der Waals surface area contributed by atoms with Gasteiger partial charge in [-0.3, -0.25) is 4.79 Å². The van der Waals surface area contributed by atoms with Crippen LogP contribution in [0, 0.1) is 0 Å². The monoisotopic (exact) mass is 326 g/mol. The van der Waals surface area contributed by atoms with Gasteiger partial charge in [0.05, 0.1) is 4.91 Å². The molecule has 0 aromatic heterocycles. The third-order valence-corrected chi connectivity index (χ3v) is 4.96. The Morgan fingerprint density at radius 3 is 2.50 bits per heavy atom. The van der Waals surface area contributed by atoms with Crippen molar-refractivity contribution in [1.29, 1.82) is 0 Å². The van der Waals surface area contributed by atoms with Gasteiger partial charge in [0.1, 0.15) is 0 Å². The number of thioether (sulfide) groups is 1. The molecule has 3 nitrogen and oxygen atoms in total. The predicted molar refractivity (Wildman–Crippen MR) is 85.3 cm³/mol. The maximum absolute atomic E-state index is 12.0. The SMILES string of the molecule is O=C1N=C(N2CCCC2)S/C1=C\c1c(Cl)cccc1Cl. The van der Waals surface area contributed by atoms with Crippen molar-refractivity contribution >= 4 is 52.1 Å². The number of carbonyl (C=O) groups excluding carboxylic acids is 1. The van der Waals surface area contributed by atoms with Crippen molar-refractivity contribution in [1.82, 2.24) is 4.90 Å². The smallest absolute Gasteiger partial charge is 0.286 e. The summed E-state index contributed by atoms with van der Waals surface area (Å²) in [7, 11) is 0. The van der Waals surface area contributed by atoms with E-state index in [1.165, 1.54) is 11.8 Å². The Kier molecular flexibility index (Phi) is 4.06. The Bertz CT molecular complexity index is 601. The molecule has 0 radical (unpaired) electrons. The minimum Gasteiger partial charge on any atom is -0.351 e. The van der Waals surface area contributed by atoms with E-state index in [4.69, 9.17) is 23.2 Å². The molecule has 0 N–H and O–H groups in total. The number of carbonyl (C=O) groups is 1. The molecule has 1 aromatic rings. The van der Waals surface area contributed by atoms with Gasteiger partial charge in [-0.25, -0.2) is 0 Å². The van der Waals surface area contributed by atoms with E-state index < -0.39 is 0 Å². The highest BCUT2D eigenvalue weighted by Crippen LogP contribution is 2.34. The Morgan fingerprint density at radius 1 is 1.20 bits per heavy atom. The predicted octanol–water partition coefficient (Wildman–Crippen LogP) is 4.06. The lowest BCUT2D eigenvalue weighted by molar-refractivity contribution is -0.113. The van der Waals surface area contributed by atoms with Gasteiger partial charge in [0.25, 0.3) is 5.91 Å². The lowest BCUT2D eigenvalue weighted by Gasteiger charge is -2.14. The van der Waals surface area contributed by atoms with Crippen molar-refractivity contribution in [2.45, 2.75) is 12.8 Å². The first-order valence-electron chi connectivity index (χ1n) is 6.36. The molecule has 1 fully saturated rings. The largest absolute Gasteiger partial charge is 0.351 e. The Balaban J connectivity index is 1.86. The Morgan fingerprint density at radius 2 is 1.85 bits per heavy atom. The number of aliphatic imine (C=N–C) groups is 1. The number of amidine groups is 1. The summed E-state index contributed by atoms with van der Waals surface area (Å²) in [5, 5.41) is 1.86. The summed E-state index contributed by atoms with van der Waals surface area (Å²) in [6.07, 6.45) is 4.04. The fraction of sp³-hybridized carbons (Fsp3) is 0.286. The van der Waals surface area contributed by atoms with Crippen LogP contribution in [0.3, 0.4) is 0 Å². The first kappa shape index (κ1) is 14.0. The summed E-state index contributed by atoms with van der Waals surface area (Å²) in [5.74, 6) is -0.215. The number of likely N-dealkylation sites (tertiary alicyclic amines) is 1. The van der Waals surface area contributed by atoms with Gasteiger partial charge < -0.3 is 4.90 Å².